The zero-order chi connectivity index (χ0) is 8.97. The summed E-state index contributed by atoms with van der Waals surface area (Å²) in [5.74, 6) is 0.863. The number of rotatable bonds is 3. The molecule has 0 fully saturated rings. The quantitative estimate of drug-likeness (QED) is 0.765. The molecule has 0 heterocycles. The second-order valence-corrected chi connectivity index (χ2v) is 9.38. The van der Waals surface area contributed by atoms with Crippen LogP contribution in [0.15, 0.2) is 24.3 Å². The molecule has 1 aromatic rings. The standard InChI is InChI=1S/C8H9AsCl2O/c1-12-8-4-2-7(3-5-8)6-9(10)11/h2-5H,6H2,1H3. The van der Waals surface area contributed by atoms with Crippen LogP contribution >= 0.6 is 19.9 Å². The molecule has 12 heavy (non-hydrogen) atoms. The van der Waals surface area contributed by atoms with Gasteiger partial charge in [-0.3, -0.25) is 0 Å². The molecular weight excluding hydrogens is 258 g/mol. The first-order valence-electron chi connectivity index (χ1n) is 3.44. The molecule has 0 N–H and O–H groups in total. The Morgan fingerprint density at radius 2 is 1.83 bits per heavy atom. The first-order valence-corrected chi connectivity index (χ1v) is 9.70. The number of ether oxygens (including phenoxy) is 1. The Morgan fingerprint density at radius 3 is 2.25 bits per heavy atom. The molecule has 1 rings (SSSR count). The minimum absolute atomic E-state index is 0.820. The molecule has 0 aliphatic carbocycles. The Labute approximate surface area is 85.2 Å². The van der Waals surface area contributed by atoms with Gasteiger partial charge in [-0.1, -0.05) is 0 Å². The Kier molecular flexibility index (Phi) is 4.28. The van der Waals surface area contributed by atoms with Crippen molar-refractivity contribution in [3.8, 4) is 5.75 Å². The van der Waals surface area contributed by atoms with Crippen LogP contribution in [0.4, 0.5) is 0 Å². The monoisotopic (exact) mass is 266 g/mol. The van der Waals surface area contributed by atoms with Gasteiger partial charge in [0, 0.05) is 0 Å². The van der Waals surface area contributed by atoms with E-state index in [-0.39, 0.29) is 0 Å². The van der Waals surface area contributed by atoms with Gasteiger partial charge in [0.25, 0.3) is 0 Å². The van der Waals surface area contributed by atoms with E-state index in [1.165, 1.54) is 5.56 Å². The molecule has 0 saturated carbocycles. The number of hydrogen-bond acceptors (Lipinski definition) is 1. The molecule has 0 radical (unpaired) electrons. The molecule has 1 aromatic carbocycles. The summed E-state index contributed by atoms with van der Waals surface area (Å²) in [6, 6.07) is 7.82. The molecule has 1 nitrogen and oxygen atoms in total. The molecule has 0 unspecified atom stereocenters. The fourth-order valence-corrected chi connectivity index (χ4v) is 3.32. The molecule has 0 aromatic heterocycles. The summed E-state index contributed by atoms with van der Waals surface area (Å²) in [4.78, 5) is 0. The minimum atomic E-state index is -1.58. The van der Waals surface area contributed by atoms with Gasteiger partial charge in [-0.05, 0) is 0 Å². The van der Waals surface area contributed by atoms with Crippen LogP contribution in [0.5, 0.6) is 5.75 Å². The third-order valence-corrected chi connectivity index (χ3v) is 3.97. The fourth-order valence-electron chi connectivity index (χ4n) is 0.869. The molecule has 0 atom stereocenters. The molecule has 0 spiro atoms. The topological polar surface area (TPSA) is 9.23 Å². The molecule has 0 aliphatic rings. The van der Waals surface area contributed by atoms with Crippen LogP contribution in [0.1, 0.15) is 5.56 Å². The van der Waals surface area contributed by atoms with Crippen molar-refractivity contribution in [3.63, 3.8) is 0 Å². The van der Waals surface area contributed by atoms with Crippen LogP contribution in [0.25, 0.3) is 0 Å². The summed E-state index contributed by atoms with van der Waals surface area (Å²) in [6.45, 7) is 0. The predicted molar refractivity (Wildman–Crippen MR) is 54.2 cm³/mol. The average Bonchev–Trinajstić information content (AvgIpc) is 2.05. The Bertz CT molecular complexity index is 235. The van der Waals surface area contributed by atoms with Crippen LogP contribution in [0.2, 0.25) is 0 Å². The predicted octanol–water partition coefficient (Wildman–Crippen LogP) is 2.74. The van der Waals surface area contributed by atoms with Gasteiger partial charge in [-0.25, -0.2) is 0 Å². The third kappa shape index (κ3) is 3.26. The van der Waals surface area contributed by atoms with E-state index >= 15 is 0 Å². The molecule has 0 aliphatic heterocycles. The van der Waals surface area contributed by atoms with Crippen molar-refractivity contribution in [1.82, 2.24) is 0 Å². The van der Waals surface area contributed by atoms with E-state index in [0.717, 1.165) is 11.0 Å². The second kappa shape index (κ2) is 5.01. The van der Waals surface area contributed by atoms with E-state index in [2.05, 4.69) is 0 Å². The summed E-state index contributed by atoms with van der Waals surface area (Å²) < 4.78 is 5.02. The molecule has 66 valence electrons. The van der Waals surface area contributed by atoms with Crippen LogP contribution in [-0.2, 0) is 5.21 Å². The molecular formula is C8H9AsCl2O. The summed E-state index contributed by atoms with van der Waals surface area (Å²) in [7, 11) is 13.2. The van der Waals surface area contributed by atoms with Crippen molar-refractivity contribution < 1.29 is 4.74 Å². The van der Waals surface area contributed by atoms with Gasteiger partial charge < -0.3 is 0 Å². The van der Waals surface area contributed by atoms with Gasteiger partial charge in [0.2, 0.25) is 0 Å². The van der Waals surface area contributed by atoms with Gasteiger partial charge >= 0.3 is 85.3 Å². The summed E-state index contributed by atoms with van der Waals surface area (Å²) in [6.07, 6.45) is 0. The average molecular weight is 267 g/mol. The first-order chi connectivity index (χ1) is 5.72. The Hall–Kier alpha value is 0.158. The van der Waals surface area contributed by atoms with E-state index in [1.54, 1.807) is 7.11 Å². The van der Waals surface area contributed by atoms with Crippen LogP contribution in [0.3, 0.4) is 0 Å². The number of benzene rings is 1. The van der Waals surface area contributed by atoms with Crippen molar-refractivity contribution in [2.45, 2.75) is 5.21 Å². The maximum absolute atomic E-state index is 5.77. The van der Waals surface area contributed by atoms with Crippen LogP contribution in [0, 0.1) is 0 Å². The van der Waals surface area contributed by atoms with E-state index in [0.29, 0.717) is 0 Å². The fraction of sp³-hybridized carbons (Fsp3) is 0.250. The van der Waals surface area contributed by atoms with E-state index in [1.807, 2.05) is 24.3 Å². The third-order valence-electron chi connectivity index (χ3n) is 1.46. The molecule has 0 saturated heterocycles. The number of halogens is 2. The van der Waals surface area contributed by atoms with Gasteiger partial charge in [0.15, 0.2) is 0 Å². The molecule has 4 heteroatoms. The van der Waals surface area contributed by atoms with Gasteiger partial charge in [0.1, 0.15) is 0 Å². The van der Waals surface area contributed by atoms with Gasteiger partial charge in [0.05, 0.1) is 0 Å². The van der Waals surface area contributed by atoms with Crippen LogP contribution in [-0.4, -0.2) is 19.9 Å². The van der Waals surface area contributed by atoms with Crippen molar-refractivity contribution in [2.24, 2.45) is 0 Å². The van der Waals surface area contributed by atoms with E-state index in [9.17, 15) is 0 Å². The van der Waals surface area contributed by atoms with E-state index < -0.39 is 12.8 Å². The summed E-state index contributed by atoms with van der Waals surface area (Å²) in [5.41, 5.74) is 1.18. The normalized spacial score (nSPS) is 10.3. The summed E-state index contributed by atoms with van der Waals surface area (Å²) in [5, 5.41) is 0.820. The van der Waals surface area contributed by atoms with Crippen molar-refractivity contribution in [3.05, 3.63) is 29.8 Å². The van der Waals surface area contributed by atoms with Crippen molar-refractivity contribution in [1.29, 1.82) is 0 Å². The number of methoxy groups -OCH3 is 1. The number of hydrogen-bond donors (Lipinski definition) is 0. The van der Waals surface area contributed by atoms with Gasteiger partial charge in [-0.15, -0.1) is 0 Å². The van der Waals surface area contributed by atoms with Crippen molar-refractivity contribution in [2.75, 3.05) is 7.11 Å². The first kappa shape index (κ1) is 10.2. The maximum atomic E-state index is 5.77. The zero-order valence-corrected chi connectivity index (χ0v) is 10.0. The summed E-state index contributed by atoms with van der Waals surface area (Å²) >= 11 is -1.58. The second-order valence-electron chi connectivity index (χ2n) is 2.31. The SMILES string of the molecule is COc1ccc(C[As](Cl)Cl)cc1. The molecule has 0 amide bonds. The van der Waals surface area contributed by atoms with Crippen molar-refractivity contribution >= 4 is 32.7 Å². The van der Waals surface area contributed by atoms with Gasteiger partial charge in [-0.2, -0.15) is 0 Å². The molecule has 0 bridgehead atoms. The zero-order valence-electron chi connectivity index (χ0n) is 6.63. The Balaban J connectivity index is 2.65. The Morgan fingerprint density at radius 1 is 1.25 bits per heavy atom. The van der Waals surface area contributed by atoms with E-state index in [4.69, 9.17) is 24.6 Å². The van der Waals surface area contributed by atoms with Crippen LogP contribution < -0.4 is 4.74 Å².